The largest absolute Gasteiger partial charge is 0.349 e. The number of H-pyrrole nitrogens is 1. The highest BCUT2D eigenvalue weighted by atomic mass is 14.9. The van der Waals surface area contributed by atoms with Crippen molar-refractivity contribution >= 4 is 0 Å². The molecule has 1 fully saturated rings. The molecule has 2 N–H and O–H groups in total. The summed E-state index contributed by atoms with van der Waals surface area (Å²) < 4.78 is 0. The Bertz CT molecular complexity index is 281. The molecule has 1 saturated carbocycles. The van der Waals surface area contributed by atoms with E-state index in [-0.39, 0.29) is 0 Å². The Morgan fingerprint density at radius 2 is 2.44 bits per heavy atom. The minimum Gasteiger partial charge on any atom is -0.349 e. The van der Waals surface area contributed by atoms with E-state index in [2.05, 4.69) is 22.2 Å². The van der Waals surface area contributed by atoms with Crippen LogP contribution in [0.25, 0.3) is 0 Å². The van der Waals surface area contributed by atoms with E-state index in [1.165, 1.54) is 32.1 Å². The van der Waals surface area contributed by atoms with E-state index in [9.17, 15) is 0 Å². The summed E-state index contributed by atoms with van der Waals surface area (Å²) in [6.07, 6.45) is 11.5. The zero-order chi connectivity index (χ0) is 11.2. The Hall–Kier alpha value is -0.830. The van der Waals surface area contributed by atoms with Gasteiger partial charge in [-0.15, -0.1) is 0 Å². The van der Waals surface area contributed by atoms with Crippen LogP contribution < -0.4 is 5.32 Å². The summed E-state index contributed by atoms with van der Waals surface area (Å²) in [6.45, 7) is 3.44. The van der Waals surface area contributed by atoms with Crippen molar-refractivity contribution in [1.82, 2.24) is 15.3 Å². The molecule has 0 aliphatic heterocycles. The molecule has 1 aliphatic carbocycles. The second-order valence-corrected chi connectivity index (χ2v) is 4.80. The van der Waals surface area contributed by atoms with Gasteiger partial charge in [-0.25, -0.2) is 4.98 Å². The Balaban J connectivity index is 1.61. The van der Waals surface area contributed by atoms with Crippen LogP contribution in [0.5, 0.6) is 0 Å². The molecule has 1 aliphatic rings. The lowest BCUT2D eigenvalue weighted by molar-refractivity contribution is 0.388. The minimum absolute atomic E-state index is 0.779. The Morgan fingerprint density at radius 1 is 1.50 bits per heavy atom. The van der Waals surface area contributed by atoms with E-state index in [4.69, 9.17) is 0 Å². The van der Waals surface area contributed by atoms with E-state index in [1.54, 1.807) is 0 Å². The highest BCUT2D eigenvalue weighted by Gasteiger charge is 2.24. The summed E-state index contributed by atoms with van der Waals surface area (Å²) in [5.74, 6) is 2.03. The fraction of sp³-hybridized carbons (Fsp3) is 0.769. The molecule has 16 heavy (non-hydrogen) atoms. The molecule has 0 saturated heterocycles. The number of aromatic nitrogens is 2. The van der Waals surface area contributed by atoms with Gasteiger partial charge in [-0.1, -0.05) is 19.8 Å². The van der Waals surface area contributed by atoms with Crippen molar-refractivity contribution in [3.05, 3.63) is 18.2 Å². The van der Waals surface area contributed by atoms with Gasteiger partial charge in [0, 0.05) is 24.9 Å². The number of hydrogen-bond donors (Lipinski definition) is 2. The molecule has 0 bridgehead atoms. The summed E-state index contributed by atoms with van der Waals surface area (Å²) in [5, 5.41) is 3.70. The van der Waals surface area contributed by atoms with Crippen LogP contribution >= 0.6 is 0 Å². The lowest BCUT2D eigenvalue weighted by atomic mass is 10.0. The second-order valence-electron chi connectivity index (χ2n) is 4.80. The van der Waals surface area contributed by atoms with E-state index in [0.29, 0.717) is 0 Å². The third kappa shape index (κ3) is 3.08. The third-order valence-electron chi connectivity index (χ3n) is 3.74. The second kappa shape index (κ2) is 6.04. The van der Waals surface area contributed by atoms with Gasteiger partial charge in [0.1, 0.15) is 5.82 Å². The van der Waals surface area contributed by atoms with Gasteiger partial charge in [0.05, 0.1) is 0 Å². The standard InChI is InChI=1S/C13H23N3/c1-2-11-5-3-6-12(11)14-8-4-7-13-15-9-10-16-13/h9-12,14H,2-8H2,1H3,(H,15,16). The van der Waals surface area contributed by atoms with Gasteiger partial charge >= 0.3 is 0 Å². The van der Waals surface area contributed by atoms with Crippen molar-refractivity contribution in [1.29, 1.82) is 0 Å². The zero-order valence-electron chi connectivity index (χ0n) is 10.2. The van der Waals surface area contributed by atoms with Crippen molar-refractivity contribution < 1.29 is 0 Å². The maximum absolute atomic E-state index is 4.23. The summed E-state index contributed by atoms with van der Waals surface area (Å²) >= 11 is 0. The number of nitrogens with one attached hydrogen (secondary N) is 2. The van der Waals surface area contributed by atoms with Crippen molar-refractivity contribution in [2.24, 2.45) is 5.92 Å². The summed E-state index contributed by atoms with van der Waals surface area (Å²) in [6, 6.07) is 0.779. The highest BCUT2D eigenvalue weighted by Crippen LogP contribution is 2.27. The van der Waals surface area contributed by atoms with Gasteiger partial charge in [0.2, 0.25) is 0 Å². The molecule has 2 unspecified atom stereocenters. The first-order valence-corrected chi connectivity index (χ1v) is 6.61. The van der Waals surface area contributed by atoms with Crippen LogP contribution in [0.1, 0.15) is 44.9 Å². The molecular weight excluding hydrogens is 198 g/mol. The molecule has 1 aromatic rings. The highest BCUT2D eigenvalue weighted by molar-refractivity contribution is 4.87. The Morgan fingerprint density at radius 3 is 3.19 bits per heavy atom. The molecule has 0 spiro atoms. The van der Waals surface area contributed by atoms with Crippen LogP contribution in [0.4, 0.5) is 0 Å². The van der Waals surface area contributed by atoms with Gasteiger partial charge in [0.15, 0.2) is 0 Å². The predicted octanol–water partition coefficient (Wildman–Crippen LogP) is 2.51. The number of rotatable bonds is 6. The smallest absolute Gasteiger partial charge is 0.106 e. The predicted molar refractivity (Wildman–Crippen MR) is 66.3 cm³/mol. The SMILES string of the molecule is CCC1CCCC1NCCCc1ncc[nH]1. The Kier molecular flexibility index (Phi) is 4.40. The van der Waals surface area contributed by atoms with Crippen LogP contribution in [0.3, 0.4) is 0 Å². The molecule has 3 heteroatoms. The molecule has 0 aromatic carbocycles. The maximum atomic E-state index is 4.23. The van der Waals surface area contributed by atoms with Crippen molar-refractivity contribution in [2.45, 2.75) is 51.5 Å². The number of aromatic amines is 1. The third-order valence-corrected chi connectivity index (χ3v) is 3.74. The van der Waals surface area contributed by atoms with E-state index < -0.39 is 0 Å². The normalized spacial score (nSPS) is 25.1. The first-order valence-electron chi connectivity index (χ1n) is 6.61. The number of aryl methyl sites for hydroxylation is 1. The topological polar surface area (TPSA) is 40.7 Å². The quantitative estimate of drug-likeness (QED) is 0.725. The van der Waals surface area contributed by atoms with E-state index in [1.807, 2.05) is 12.4 Å². The fourth-order valence-corrected chi connectivity index (χ4v) is 2.77. The molecular formula is C13H23N3. The molecule has 2 rings (SSSR count). The molecule has 0 amide bonds. The first kappa shape index (κ1) is 11.6. The average Bonchev–Trinajstić information content (AvgIpc) is 2.95. The van der Waals surface area contributed by atoms with Crippen LogP contribution in [0.15, 0.2) is 12.4 Å². The lowest BCUT2D eigenvalue weighted by Gasteiger charge is -2.19. The molecule has 2 atom stereocenters. The molecule has 0 radical (unpaired) electrons. The summed E-state index contributed by atoms with van der Waals surface area (Å²) in [5.41, 5.74) is 0. The van der Waals surface area contributed by atoms with E-state index in [0.717, 1.165) is 30.7 Å². The van der Waals surface area contributed by atoms with Crippen LogP contribution in [0, 0.1) is 5.92 Å². The zero-order valence-corrected chi connectivity index (χ0v) is 10.2. The van der Waals surface area contributed by atoms with Gasteiger partial charge < -0.3 is 10.3 Å². The van der Waals surface area contributed by atoms with E-state index >= 15 is 0 Å². The monoisotopic (exact) mass is 221 g/mol. The summed E-state index contributed by atoms with van der Waals surface area (Å²) in [7, 11) is 0. The summed E-state index contributed by atoms with van der Waals surface area (Å²) in [4.78, 5) is 7.38. The minimum atomic E-state index is 0.779. The first-order chi connectivity index (χ1) is 7.90. The number of hydrogen-bond acceptors (Lipinski definition) is 2. The number of nitrogens with zero attached hydrogens (tertiary/aromatic N) is 1. The fourth-order valence-electron chi connectivity index (χ4n) is 2.77. The Labute approximate surface area is 98.1 Å². The van der Waals surface area contributed by atoms with Gasteiger partial charge in [0.25, 0.3) is 0 Å². The van der Waals surface area contributed by atoms with Crippen LogP contribution in [-0.2, 0) is 6.42 Å². The van der Waals surface area contributed by atoms with Crippen molar-refractivity contribution in [3.8, 4) is 0 Å². The molecule has 1 heterocycles. The van der Waals surface area contributed by atoms with Crippen molar-refractivity contribution in [2.75, 3.05) is 6.54 Å². The lowest BCUT2D eigenvalue weighted by Crippen LogP contribution is -2.33. The van der Waals surface area contributed by atoms with Crippen LogP contribution in [-0.4, -0.2) is 22.6 Å². The number of imidazole rings is 1. The molecule has 90 valence electrons. The van der Waals surface area contributed by atoms with Crippen molar-refractivity contribution in [3.63, 3.8) is 0 Å². The van der Waals surface area contributed by atoms with Crippen LogP contribution in [0.2, 0.25) is 0 Å². The maximum Gasteiger partial charge on any atom is 0.106 e. The van der Waals surface area contributed by atoms with Gasteiger partial charge in [-0.05, 0) is 31.7 Å². The van der Waals surface area contributed by atoms with Gasteiger partial charge in [-0.3, -0.25) is 0 Å². The van der Waals surface area contributed by atoms with Gasteiger partial charge in [-0.2, -0.15) is 0 Å². The molecule has 3 nitrogen and oxygen atoms in total. The molecule has 1 aromatic heterocycles. The average molecular weight is 221 g/mol.